The SMILES string of the molecule is CCc1nn(-c2ccccc2)c2c1CN(C(=O)NCCCOC)[C@H](c1ccc(F)cc1)c1cccn1-2. The van der Waals surface area contributed by atoms with Gasteiger partial charge in [-0.05, 0) is 54.8 Å². The highest BCUT2D eigenvalue weighted by Crippen LogP contribution is 2.38. The summed E-state index contributed by atoms with van der Waals surface area (Å²) in [6.45, 7) is 3.51. The van der Waals surface area contributed by atoms with Gasteiger partial charge in [-0.1, -0.05) is 37.3 Å². The lowest BCUT2D eigenvalue weighted by molar-refractivity contribution is 0.174. The number of carbonyl (C=O) groups excluding carboxylic acids is 1. The number of carbonyl (C=O) groups is 1. The van der Waals surface area contributed by atoms with Gasteiger partial charge >= 0.3 is 6.03 Å². The first-order valence-electron chi connectivity index (χ1n) is 12.2. The van der Waals surface area contributed by atoms with Crippen LogP contribution in [0.25, 0.3) is 11.5 Å². The van der Waals surface area contributed by atoms with E-state index in [4.69, 9.17) is 9.84 Å². The monoisotopic (exact) mass is 487 g/mol. The molecular weight excluding hydrogens is 457 g/mol. The molecule has 0 fully saturated rings. The van der Waals surface area contributed by atoms with Crippen LogP contribution in [-0.2, 0) is 17.7 Å². The zero-order chi connectivity index (χ0) is 25.1. The van der Waals surface area contributed by atoms with Crippen molar-refractivity contribution in [1.29, 1.82) is 0 Å². The molecule has 0 saturated carbocycles. The molecule has 7 nitrogen and oxygen atoms in total. The number of methoxy groups -OCH3 is 1. The van der Waals surface area contributed by atoms with Crippen LogP contribution in [0.2, 0.25) is 0 Å². The van der Waals surface area contributed by atoms with E-state index in [1.807, 2.05) is 58.2 Å². The fraction of sp³-hybridized carbons (Fsp3) is 0.286. The Balaban J connectivity index is 1.67. The van der Waals surface area contributed by atoms with E-state index in [1.165, 1.54) is 12.1 Å². The summed E-state index contributed by atoms with van der Waals surface area (Å²) in [5.41, 5.74) is 4.63. The molecule has 36 heavy (non-hydrogen) atoms. The van der Waals surface area contributed by atoms with Gasteiger partial charge in [0, 0.05) is 32.0 Å². The van der Waals surface area contributed by atoms with Crippen LogP contribution in [0.15, 0.2) is 72.9 Å². The molecule has 5 rings (SSSR count). The smallest absolute Gasteiger partial charge is 0.318 e. The van der Waals surface area contributed by atoms with Gasteiger partial charge in [0.2, 0.25) is 0 Å². The fourth-order valence-corrected chi connectivity index (χ4v) is 4.86. The van der Waals surface area contributed by atoms with E-state index in [-0.39, 0.29) is 11.8 Å². The number of fused-ring (bicyclic) bond motifs is 3. The molecule has 2 amide bonds. The number of aromatic nitrogens is 3. The summed E-state index contributed by atoms with van der Waals surface area (Å²) >= 11 is 0. The lowest BCUT2D eigenvalue weighted by Crippen LogP contribution is -2.42. The molecule has 1 N–H and O–H groups in total. The maximum absolute atomic E-state index is 13.8. The van der Waals surface area contributed by atoms with Crippen LogP contribution >= 0.6 is 0 Å². The summed E-state index contributed by atoms with van der Waals surface area (Å²) in [7, 11) is 1.65. The third kappa shape index (κ3) is 4.40. The van der Waals surface area contributed by atoms with Crippen molar-refractivity contribution in [2.45, 2.75) is 32.4 Å². The summed E-state index contributed by atoms with van der Waals surface area (Å²) in [5.74, 6) is 0.606. The van der Waals surface area contributed by atoms with Crippen molar-refractivity contribution in [3.8, 4) is 11.5 Å². The average molecular weight is 488 g/mol. The van der Waals surface area contributed by atoms with Gasteiger partial charge in [-0.3, -0.25) is 0 Å². The summed E-state index contributed by atoms with van der Waals surface area (Å²) in [4.78, 5) is 15.5. The Bertz CT molecular complexity index is 1330. The molecule has 186 valence electrons. The van der Waals surface area contributed by atoms with Crippen molar-refractivity contribution in [3.05, 3.63) is 101 Å². The number of aryl methyl sites for hydroxylation is 1. The number of halogens is 1. The minimum atomic E-state index is -0.413. The van der Waals surface area contributed by atoms with Gasteiger partial charge in [-0.25, -0.2) is 13.9 Å². The Morgan fingerprint density at radius 2 is 1.89 bits per heavy atom. The van der Waals surface area contributed by atoms with E-state index >= 15 is 0 Å². The Labute approximate surface area is 210 Å². The highest BCUT2D eigenvalue weighted by atomic mass is 19.1. The van der Waals surface area contributed by atoms with E-state index in [9.17, 15) is 9.18 Å². The van der Waals surface area contributed by atoms with Crippen molar-refractivity contribution < 1.29 is 13.9 Å². The maximum Gasteiger partial charge on any atom is 0.318 e. The predicted molar refractivity (Wildman–Crippen MR) is 136 cm³/mol. The molecule has 0 radical (unpaired) electrons. The van der Waals surface area contributed by atoms with Gasteiger partial charge in [-0.2, -0.15) is 5.10 Å². The Morgan fingerprint density at radius 3 is 2.61 bits per heavy atom. The fourth-order valence-electron chi connectivity index (χ4n) is 4.86. The topological polar surface area (TPSA) is 64.3 Å². The van der Waals surface area contributed by atoms with Crippen molar-refractivity contribution in [1.82, 2.24) is 24.6 Å². The normalized spacial score (nSPS) is 14.8. The third-order valence-corrected chi connectivity index (χ3v) is 6.55. The van der Waals surface area contributed by atoms with Gasteiger partial charge in [0.15, 0.2) is 0 Å². The van der Waals surface area contributed by atoms with Gasteiger partial charge in [0.25, 0.3) is 0 Å². The average Bonchev–Trinajstić information content (AvgIpc) is 3.49. The molecule has 2 aromatic carbocycles. The molecule has 3 heterocycles. The number of para-hydroxylation sites is 1. The van der Waals surface area contributed by atoms with E-state index in [2.05, 4.69) is 16.8 Å². The molecule has 2 aromatic heterocycles. The Kier molecular flexibility index (Phi) is 6.86. The molecule has 1 aliphatic rings. The highest BCUT2D eigenvalue weighted by molar-refractivity contribution is 5.76. The molecule has 0 spiro atoms. The van der Waals surface area contributed by atoms with Crippen LogP contribution in [0.3, 0.4) is 0 Å². The van der Waals surface area contributed by atoms with Gasteiger partial charge in [0.1, 0.15) is 11.6 Å². The number of rotatable bonds is 7. The molecule has 1 atom stereocenters. The number of hydrogen-bond donors (Lipinski definition) is 1. The molecule has 0 bridgehead atoms. The maximum atomic E-state index is 13.8. The molecule has 0 aliphatic carbocycles. The number of benzene rings is 2. The van der Waals surface area contributed by atoms with Crippen LogP contribution in [0.4, 0.5) is 9.18 Å². The van der Waals surface area contributed by atoms with Crippen molar-refractivity contribution in [2.75, 3.05) is 20.3 Å². The first-order chi connectivity index (χ1) is 17.6. The molecule has 1 aliphatic heterocycles. The minimum absolute atomic E-state index is 0.185. The molecule has 8 heteroatoms. The van der Waals surface area contributed by atoms with Crippen molar-refractivity contribution in [3.63, 3.8) is 0 Å². The van der Waals surface area contributed by atoms with Crippen molar-refractivity contribution in [2.24, 2.45) is 0 Å². The third-order valence-electron chi connectivity index (χ3n) is 6.55. The summed E-state index contributed by atoms with van der Waals surface area (Å²) in [6.07, 6.45) is 3.44. The van der Waals surface area contributed by atoms with Gasteiger partial charge < -0.3 is 19.5 Å². The number of hydrogen-bond acceptors (Lipinski definition) is 3. The second-order valence-corrected chi connectivity index (χ2v) is 8.81. The van der Waals surface area contributed by atoms with Gasteiger partial charge in [-0.15, -0.1) is 0 Å². The summed E-state index contributed by atoms with van der Waals surface area (Å²) < 4.78 is 23.1. The van der Waals surface area contributed by atoms with Crippen LogP contribution in [0.1, 0.15) is 41.9 Å². The summed E-state index contributed by atoms with van der Waals surface area (Å²) in [5, 5.41) is 8.01. The number of ether oxygens (including phenoxy) is 1. The quantitative estimate of drug-likeness (QED) is 0.373. The molecule has 4 aromatic rings. The van der Waals surface area contributed by atoms with Crippen molar-refractivity contribution >= 4 is 6.03 Å². The first-order valence-corrected chi connectivity index (χ1v) is 12.2. The molecule has 0 saturated heterocycles. The van der Waals surface area contributed by atoms with Crippen LogP contribution < -0.4 is 5.32 Å². The number of nitrogens with one attached hydrogen (secondary N) is 1. The lowest BCUT2D eigenvalue weighted by atomic mass is 10.0. The zero-order valence-corrected chi connectivity index (χ0v) is 20.5. The summed E-state index contributed by atoms with van der Waals surface area (Å²) in [6, 6.07) is 19.8. The number of nitrogens with zero attached hydrogens (tertiary/aromatic N) is 4. The van der Waals surface area contributed by atoms with E-state index < -0.39 is 6.04 Å². The number of amides is 2. The molecular formula is C28H30FN5O2. The van der Waals surface area contributed by atoms with Gasteiger partial charge in [0.05, 0.1) is 29.7 Å². The Hall–Kier alpha value is -3.91. The number of urea groups is 1. The second kappa shape index (κ2) is 10.4. The van der Waals surface area contributed by atoms with Crippen LogP contribution in [0, 0.1) is 5.82 Å². The standard InChI is InChI=1S/C28H30FN5O2/c1-3-24-23-19-33(28(35)30-16-8-18-36-2)26(20-12-14-21(29)15-13-20)25-11-7-17-32(25)27(23)34(31-24)22-9-5-4-6-10-22/h4-7,9-15,17,26H,3,8,16,18-19H2,1-2H3,(H,30,35)/t26-/m1/s1. The second-order valence-electron chi connectivity index (χ2n) is 8.81. The zero-order valence-electron chi connectivity index (χ0n) is 20.5. The lowest BCUT2D eigenvalue weighted by Gasteiger charge is -2.31. The highest BCUT2D eigenvalue weighted by Gasteiger charge is 2.36. The van der Waals surface area contributed by atoms with E-state index in [1.54, 1.807) is 19.2 Å². The largest absolute Gasteiger partial charge is 0.385 e. The van der Waals surface area contributed by atoms with E-state index in [0.717, 1.165) is 40.4 Å². The van der Waals surface area contributed by atoms with Crippen LogP contribution in [0.5, 0.6) is 0 Å². The molecule has 0 unspecified atom stereocenters. The van der Waals surface area contributed by atoms with Crippen LogP contribution in [-0.4, -0.2) is 45.5 Å². The minimum Gasteiger partial charge on any atom is -0.385 e. The van der Waals surface area contributed by atoms with E-state index in [0.29, 0.717) is 26.1 Å². The predicted octanol–water partition coefficient (Wildman–Crippen LogP) is 5.02. The first kappa shape index (κ1) is 23.8. The Morgan fingerprint density at radius 1 is 1.11 bits per heavy atom.